The van der Waals surface area contributed by atoms with Crippen LogP contribution in [0.25, 0.3) is 11.1 Å². The highest BCUT2D eigenvalue weighted by Crippen LogP contribution is 2.30. The zero-order valence-corrected chi connectivity index (χ0v) is 25.4. The Labute approximate surface area is 259 Å². The lowest BCUT2D eigenvalue weighted by molar-refractivity contribution is -0.148. The van der Waals surface area contributed by atoms with Gasteiger partial charge in [0.15, 0.2) is 6.10 Å². The molecule has 4 rings (SSSR count). The topological polar surface area (TPSA) is 168 Å². The average Bonchev–Trinajstić information content (AvgIpc) is 3.38. The van der Waals surface area contributed by atoms with E-state index in [4.69, 9.17) is 0 Å². The lowest BCUT2D eigenvalue weighted by atomic mass is 10.0. The standard InChI is InChI=1S/C32H33FN4O7S/c1-3-9-23-18-28(31(40)34-27(30(39)32(41)42)17-21-10-5-4-6-11-21)35-37(23)19-22-14-15-24(26(33)16-22)25-12-7-8-13-29(25)45(43,44)36-20(2)38/h4-8,10-16,18,27,30,39H,3,9,17,19H2,1-2H3,(H,34,40)(H,36,38)(H,41,42). The number of carboxylic acid groups (broad SMARTS) is 1. The highest BCUT2D eigenvalue weighted by molar-refractivity contribution is 7.90. The van der Waals surface area contributed by atoms with Crippen LogP contribution in [0.5, 0.6) is 0 Å². The third-order valence-corrected chi connectivity index (χ3v) is 8.45. The van der Waals surface area contributed by atoms with Crippen molar-refractivity contribution in [2.45, 2.75) is 56.7 Å². The smallest absolute Gasteiger partial charge is 0.334 e. The van der Waals surface area contributed by atoms with Crippen LogP contribution in [-0.2, 0) is 39.0 Å². The van der Waals surface area contributed by atoms with Crippen molar-refractivity contribution in [3.8, 4) is 11.1 Å². The van der Waals surface area contributed by atoms with Crippen molar-refractivity contribution >= 4 is 27.8 Å². The number of amides is 2. The van der Waals surface area contributed by atoms with Gasteiger partial charge in [0.1, 0.15) is 11.5 Å². The van der Waals surface area contributed by atoms with Gasteiger partial charge in [-0.15, -0.1) is 0 Å². The van der Waals surface area contributed by atoms with Gasteiger partial charge in [-0.1, -0.05) is 74.0 Å². The summed E-state index contributed by atoms with van der Waals surface area (Å²) in [6.45, 7) is 3.09. The van der Waals surface area contributed by atoms with E-state index in [2.05, 4.69) is 10.4 Å². The number of halogens is 1. The lowest BCUT2D eigenvalue weighted by Gasteiger charge is -2.21. The number of rotatable bonds is 13. The summed E-state index contributed by atoms with van der Waals surface area (Å²) >= 11 is 0. The first-order valence-corrected chi connectivity index (χ1v) is 15.6. The van der Waals surface area contributed by atoms with Crippen molar-refractivity contribution < 1.29 is 37.4 Å². The Morgan fingerprint density at radius 2 is 1.64 bits per heavy atom. The van der Waals surface area contributed by atoms with E-state index < -0.39 is 45.8 Å². The number of nitrogens with zero attached hydrogens (tertiary/aromatic N) is 2. The maximum Gasteiger partial charge on any atom is 0.334 e. The molecular formula is C32H33FN4O7S. The summed E-state index contributed by atoms with van der Waals surface area (Å²) in [5, 5.41) is 26.7. The number of benzene rings is 3. The number of aliphatic carboxylic acids is 1. The fraction of sp³-hybridized carbons (Fsp3) is 0.250. The zero-order chi connectivity index (χ0) is 32.7. The van der Waals surface area contributed by atoms with Gasteiger partial charge in [-0.3, -0.25) is 14.3 Å². The van der Waals surface area contributed by atoms with Gasteiger partial charge in [-0.25, -0.2) is 22.3 Å². The number of hydrogen-bond acceptors (Lipinski definition) is 7. The first-order chi connectivity index (χ1) is 21.4. The van der Waals surface area contributed by atoms with E-state index in [1.54, 1.807) is 53.2 Å². The number of aryl methyl sites for hydroxylation is 1. The second kappa shape index (κ2) is 14.3. The van der Waals surface area contributed by atoms with Gasteiger partial charge in [0, 0.05) is 23.7 Å². The van der Waals surface area contributed by atoms with Gasteiger partial charge >= 0.3 is 5.97 Å². The Hall–Kier alpha value is -4.88. The van der Waals surface area contributed by atoms with Crippen LogP contribution in [0.2, 0.25) is 0 Å². The molecule has 2 amide bonds. The van der Waals surface area contributed by atoms with E-state index in [9.17, 15) is 33.0 Å². The monoisotopic (exact) mass is 636 g/mol. The summed E-state index contributed by atoms with van der Waals surface area (Å²) in [7, 11) is -4.23. The third kappa shape index (κ3) is 8.19. The molecule has 13 heteroatoms. The van der Waals surface area contributed by atoms with Crippen LogP contribution in [0.1, 0.15) is 47.6 Å². The van der Waals surface area contributed by atoms with Crippen molar-refractivity contribution in [1.29, 1.82) is 0 Å². The summed E-state index contributed by atoms with van der Waals surface area (Å²) in [6, 6.07) is 19.3. The SMILES string of the molecule is CCCc1cc(C(=O)NC(Cc2ccccc2)C(O)C(=O)O)nn1Cc1ccc(-c2ccccc2S(=O)(=O)NC(C)=O)c(F)c1. The molecule has 0 aliphatic rings. The van der Waals surface area contributed by atoms with Crippen LogP contribution in [0, 0.1) is 5.82 Å². The maximum atomic E-state index is 15.5. The molecular weight excluding hydrogens is 603 g/mol. The molecule has 0 aliphatic heterocycles. The quantitative estimate of drug-likeness (QED) is 0.173. The molecule has 236 valence electrons. The zero-order valence-electron chi connectivity index (χ0n) is 24.6. The number of hydrogen-bond donors (Lipinski definition) is 4. The van der Waals surface area contributed by atoms with E-state index >= 15 is 4.39 Å². The fourth-order valence-electron chi connectivity index (χ4n) is 4.90. The first kappa shape index (κ1) is 33.0. The number of aliphatic hydroxyl groups excluding tert-OH is 1. The van der Waals surface area contributed by atoms with Gasteiger partial charge in [0.25, 0.3) is 15.9 Å². The van der Waals surface area contributed by atoms with Gasteiger partial charge in [-0.2, -0.15) is 5.10 Å². The molecule has 4 aromatic rings. The van der Waals surface area contributed by atoms with Crippen LogP contribution in [-0.4, -0.2) is 58.3 Å². The molecule has 0 fully saturated rings. The highest BCUT2D eigenvalue weighted by atomic mass is 32.2. The second-order valence-electron chi connectivity index (χ2n) is 10.5. The summed E-state index contributed by atoms with van der Waals surface area (Å²) < 4.78 is 44.3. The molecule has 2 atom stereocenters. The molecule has 11 nitrogen and oxygen atoms in total. The van der Waals surface area contributed by atoms with Gasteiger partial charge in [0.2, 0.25) is 5.91 Å². The molecule has 1 heterocycles. The number of aromatic nitrogens is 2. The van der Waals surface area contributed by atoms with Gasteiger partial charge in [-0.05, 0) is 42.2 Å². The summed E-state index contributed by atoms with van der Waals surface area (Å²) in [6.07, 6.45) is -0.524. The maximum absolute atomic E-state index is 15.5. The highest BCUT2D eigenvalue weighted by Gasteiger charge is 2.29. The largest absolute Gasteiger partial charge is 0.479 e. The van der Waals surface area contributed by atoms with E-state index in [-0.39, 0.29) is 34.7 Å². The van der Waals surface area contributed by atoms with Crippen molar-refractivity contribution in [1.82, 2.24) is 19.8 Å². The normalized spacial score (nSPS) is 12.7. The molecule has 3 aromatic carbocycles. The van der Waals surface area contributed by atoms with Crippen LogP contribution < -0.4 is 10.0 Å². The number of carbonyl (C=O) groups excluding carboxylic acids is 2. The lowest BCUT2D eigenvalue weighted by Crippen LogP contribution is -2.48. The minimum atomic E-state index is -4.23. The number of sulfonamides is 1. The molecule has 0 aliphatic carbocycles. The molecule has 2 unspecified atom stereocenters. The summed E-state index contributed by atoms with van der Waals surface area (Å²) in [4.78, 5) is 35.9. The molecule has 0 saturated carbocycles. The van der Waals surface area contributed by atoms with Crippen molar-refractivity contribution in [3.05, 3.63) is 107 Å². The Morgan fingerprint density at radius 3 is 2.29 bits per heavy atom. The van der Waals surface area contributed by atoms with Crippen LogP contribution in [0.15, 0.2) is 83.8 Å². The number of aliphatic hydroxyl groups is 1. The molecule has 45 heavy (non-hydrogen) atoms. The summed E-state index contributed by atoms with van der Waals surface area (Å²) in [5.74, 6) is -3.63. The molecule has 4 N–H and O–H groups in total. The van der Waals surface area contributed by atoms with Crippen LogP contribution in [0.3, 0.4) is 0 Å². The predicted octanol–water partition coefficient (Wildman–Crippen LogP) is 3.30. The molecule has 0 spiro atoms. The summed E-state index contributed by atoms with van der Waals surface area (Å²) in [5.41, 5.74) is 1.98. The molecule has 1 aromatic heterocycles. The Morgan fingerprint density at radius 1 is 0.956 bits per heavy atom. The van der Waals surface area contributed by atoms with Gasteiger partial charge in [0.05, 0.1) is 17.5 Å². The van der Waals surface area contributed by atoms with E-state index in [0.717, 1.165) is 12.5 Å². The molecule has 0 bridgehead atoms. The number of carbonyl (C=O) groups is 3. The minimum absolute atomic E-state index is 0.00305. The van der Waals surface area contributed by atoms with Crippen LogP contribution >= 0.6 is 0 Å². The third-order valence-electron chi connectivity index (χ3n) is 6.96. The van der Waals surface area contributed by atoms with Crippen molar-refractivity contribution in [2.24, 2.45) is 0 Å². The van der Waals surface area contributed by atoms with Crippen LogP contribution in [0.4, 0.5) is 4.39 Å². The first-order valence-electron chi connectivity index (χ1n) is 14.1. The van der Waals surface area contributed by atoms with E-state index in [1.165, 1.54) is 30.3 Å². The van der Waals surface area contributed by atoms with Gasteiger partial charge < -0.3 is 15.5 Å². The predicted molar refractivity (Wildman–Crippen MR) is 163 cm³/mol. The Kier molecular flexibility index (Phi) is 10.5. The van der Waals surface area contributed by atoms with E-state index in [0.29, 0.717) is 24.1 Å². The average molecular weight is 637 g/mol. The minimum Gasteiger partial charge on any atom is -0.479 e. The van der Waals surface area contributed by atoms with Crippen molar-refractivity contribution in [2.75, 3.05) is 0 Å². The second-order valence-corrected chi connectivity index (χ2v) is 12.1. The molecule has 0 saturated heterocycles. The van der Waals surface area contributed by atoms with E-state index in [1.807, 2.05) is 11.6 Å². The van der Waals surface area contributed by atoms with Crippen molar-refractivity contribution in [3.63, 3.8) is 0 Å². The number of carboxylic acids is 1. The Balaban J connectivity index is 1.59. The fourth-order valence-corrected chi connectivity index (χ4v) is 6.11. The Bertz CT molecular complexity index is 1810. The number of nitrogens with one attached hydrogen (secondary N) is 2. The molecule has 0 radical (unpaired) electrons.